The van der Waals surface area contributed by atoms with Crippen LogP contribution in [0.3, 0.4) is 0 Å². The summed E-state index contributed by atoms with van der Waals surface area (Å²) in [6, 6.07) is 0. The average Bonchev–Trinajstić information content (AvgIpc) is 2.82. The number of methoxy groups -OCH3 is 1. The molecule has 2 aliphatic rings. The molecule has 0 amide bonds. The summed E-state index contributed by atoms with van der Waals surface area (Å²) < 4.78 is 4.73. The third-order valence-corrected chi connectivity index (χ3v) is 6.27. The molecule has 4 unspecified atom stereocenters. The molecule has 2 aliphatic carbocycles. The maximum Gasteiger partial charge on any atom is 0.349 e. The van der Waals surface area contributed by atoms with Crippen LogP contribution in [0.15, 0.2) is 6.20 Å². The van der Waals surface area contributed by atoms with E-state index >= 15 is 0 Å². The van der Waals surface area contributed by atoms with Gasteiger partial charge in [0.15, 0.2) is 0 Å². The minimum absolute atomic E-state index is 0.00493. The highest BCUT2D eigenvalue weighted by Crippen LogP contribution is 2.69. The van der Waals surface area contributed by atoms with E-state index in [1.165, 1.54) is 18.4 Å². The van der Waals surface area contributed by atoms with E-state index in [-0.39, 0.29) is 23.2 Å². The van der Waals surface area contributed by atoms with E-state index < -0.39 is 0 Å². The van der Waals surface area contributed by atoms with Gasteiger partial charge in [-0.2, -0.15) is 0 Å². The molecular weight excluding hydrogens is 274 g/mol. The first kappa shape index (κ1) is 13.7. The van der Waals surface area contributed by atoms with E-state index in [0.29, 0.717) is 28.9 Å². The van der Waals surface area contributed by atoms with Crippen molar-refractivity contribution in [1.29, 1.82) is 0 Å². The number of aromatic nitrogens is 1. The molecule has 0 radical (unpaired) electrons. The average molecular weight is 293 g/mol. The number of rotatable bonds is 2. The summed E-state index contributed by atoms with van der Waals surface area (Å²) in [4.78, 5) is 28.7. The van der Waals surface area contributed by atoms with E-state index in [1.807, 2.05) is 6.92 Å². The topological polar surface area (TPSA) is 56.3 Å². The number of carbonyl (C=O) groups is 2. The number of nitrogens with zero attached hydrogens (tertiary/aromatic N) is 1. The van der Waals surface area contributed by atoms with Gasteiger partial charge in [-0.3, -0.25) is 4.79 Å². The van der Waals surface area contributed by atoms with Gasteiger partial charge < -0.3 is 4.74 Å². The first-order valence-corrected chi connectivity index (χ1v) is 7.76. The van der Waals surface area contributed by atoms with Crippen molar-refractivity contribution >= 4 is 23.1 Å². The summed E-state index contributed by atoms with van der Waals surface area (Å²) in [5, 5.41) is 0.909. The van der Waals surface area contributed by atoms with Crippen LogP contribution in [-0.4, -0.2) is 23.8 Å². The molecule has 0 aliphatic heterocycles. The number of hydrogen-bond donors (Lipinski definition) is 0. The minimum Gasteiger partial charge on any atom is -0.465 e. The van der Waals surface area contributed by atoms with Crippen molar-refractivity contribution in [1.82, 2.24) is 4.98 Å². The van der Waals surface area contributed by atoms with Gasteiger partial charge in [0.2, 0.25) is 0 Å². The van der Waals surface area contributed by atoms with Crippen LogP contribution in [0.5, 0.6) is 0 Å². The zero-order valence-electron chi connectivity index (χ0n) is 12.2. The number of fused-ring (bicyclic) bond motifs is 1. The molecule has 3 rings (SSSR count). The molecule has 108 valence electrons. The molecular formula is C15H19NO3S. The molecule has 20 heavy (non-hydrogen) atoms. The van der Waals surface area contributed by atoms with E-state index in [4.69, 9.17) is 4.74 Å². The smallest absolute Gasteiger partial charge is 0.349 e. The zero-order valence-corrected chi connectivity index (χ0v) is 13.0. The van der Waals surface area contributed by atoms with Gasteiger partial charge in [-0.25, -0.2) is 9.78 Å². The van der Waals surface area contributed by atoms with Crippen molar-refractivity contribution in [3.63, 3.8) is 0 Å². The van der Waals surface area contributed by atoms with Gasteiger partial charge in [0.05, 0.1) is 18.3 Å². The molecule has 0 bridgehead atoms. The van der Waals surface area contributed by atoms with Gasteiger partial charge in [0.1, 0.15) is 10.7 Å². The van der Waals surface area contributed by atoms with E-state index in [9.17, 15) is 9.59 Å². The van der Waals surface area contributed by atoms with Crippen molar-refractivity contribution in [3.05, 3.63) is 16.1 Å². The fourth-order valence-corrected chi connectivity index (χ4v) is 4.90. The van der Waals surface area contributed by atoms with Gasteiger partial charge >= 0.3 is 5.97 Å². The van der Waals surface area contributed by atoms with Crippen molar-refractivity contribution < 1.29 is 14.3 Å². The fourth-order valence-electron chi connectivity index (χ4n) is 3.81. The monoisotopic (exact) mass is 293 g/mol. The van der Waals surface area contributed by atoms with Gasteiger partial charge in [0.25, 0.3) is 0 Å². The second kappa shape index (κ2) is 4.38. The van der Waals surface area contributed by atoms with Crippen molar-refractivity contribution in [2.24, 2.45) is 23.2 Å². The van der Waals surface area contributed by atoms with Crippen LogP contribution in [0, 0.1) is 23.2 Å². The number of Topliss-reactive ketones (excluding diaryl/α,β-unsaturated/α-hetero) is 1. The second-order valence-corrected chi connectivity index (χ2v) is 7.56. The van der Waals surface area contributed by atoms with Crippen LogP contribution in [0.1, 0.15) is 47.8 Å². The molecule has 4 atom stereocenters. The van der Waals surface area contributed by atoms with E-state index in [1.54, 1.807) is 6.20 Å². The number of carbonyl (C=O) groups excluding carboxylic acids is 2. The zero-order chi connectivity index (χ0) is 14.7. The predicted molar refractivity (Wildman–Crippen MR) is 75.7 cm³/mol. The molecule has 0 N–H and O–H groups in total. The Balaban J connectivity index is 1.93. The van der Waals surface area contributed by atoms with Crippen LogP contribution in [0.25, 0.3) is 0 Å². The maximum absolute atomic E-state index is 12.2. The van der Waals surface area contributed by atoms with Crippen LogP contribution >= 0.6 is 11.3 Å². The lowest BCUT2D eigenvalue weighted by Gasteiger charge is -2.25. The Morgan fingerprint density at radius 2 is 2.20 bits per heavy atom. The molecule has 1 aromatic rings. The number of thiazole rings is 1. The third kappa shape index (κ3) is 1.83. The normalized spacial score (nSPS) is 34.5. The molecule has 0 aromatic carbocycles. The molecule has 2 saturated carbocycles. The van der Waals surface area contributed by atoms with E-state index in [0.717, 1.165) is 5.01 Å². The molecule has 1 heterocycles. The van der Waals surface area contributed by atoms with Crippen LogP contribution < -0.4 is 0 Å². The Kier molecular flexibility index (Phi) is 3.01. The highest BCUT2D eigenvalue weighted by atomic mass is 32.1. The number of esters is 1. The van der Waals surface area contributed by atoms with Gasteiger partial charge in [0, 0.05) is 18.3 Å². The van der Waals surface area contributed by atoms with Gasteiger partial charge in [-0.1, -0.05) is 20.8 Å². The summed E-state index contributed by atoms with van der Waals surface area (Å²) in [5.41, 5.74) is 0.211. The summed E-state index contributed by atoms with van der Waals surface area (Å²) in [5.74, 6) is 1.11. The fraction of sp³-hybridized carbons (Fsp3) is 0.667. The molecule has 1 aromatic heterocycles. The SMILES string of the molecule is COC(=O)c1cnc(C2C(C)C(=O)CC3C2C3(C)C)s1. The lowest BCUT2D eigenvalue weighted by Crippen LogP contribution is -2.26. The summed E-state index contributed by atoms with van der Waals surface area (Å²) in [7, 11) is 1.37. The second-order valence-electron chi connectivity index (χ2n) is 6.49. The van der Waals surface area contributed by atoms with Crippen molar-refractivity contribution in [2.75, 3.05) is 7.11 Å². The lowest BCUT2D eigenvalue weighted by molar-refractivity contribution is -0.125. The van der Waals surface area contributed by atoms with Gasteiger partial charge in [-0.05, 0) is 17.3 Å². The Labute approximate surface area is 122 Å². The largest absolute Gasteiger partial charge is 0.465 e. The summed E-state index contributed by atoms with van der Waals surface area (Å²) in [6.45, 7) is 6.46. The molecule has 0 spiro atoms. The molecule has 0 saturated heterocycles. The Bertz CT molecular complexity index is 577. The van der Waals surface area contributed by atoms with Crippen LogP contribution in [-0.2, 0) is 9.53 Å². The highest BCUT2D eigenvalue weighted by molar-refractivity contribution is 7.13. The van der Waals surface area contributed by atoms with Crippen LogP contribution in [0.4, 0.5) is 0 Å². The highest BCUT2D eigenvalue weighted by Gasteiger charge is 2.65. The van der Waals surface area contributed by atoms with Crippen molar-refractivity contribution in [2.45, 2.75) is 33.1 Å². The Hall–Kier alpha value is -1.23. The first-order valence-electron chi connectivity index (χ1n) is 6.94. The molecule has 2 fully saturated rings. The van der Waals surface area contributed by atoms with Crippen LogP contribution in [0.2, 0.25) is 0 Å². The standard InChI is InChI=1S/C15H19NO3S/c1-7-9(17)5-8-12(15(8,2)3)11(7)13-16-6-10(20-13)14(18)19-4/h6-8,11-12H,5H2,1-4H3. The number of ketones is 1. The maximum atomic E-state index is 12.2. The minimum atomic E-state index is -0.352. The third-order valence-electron chi connectivity index (χ3n) is 5.19. The first-order chi connectivity index (χ1) is 9.37. The molecule has 4 nitrogen and oxygen atoms in total. The lowest BCUT2D eigenvalue weighted by atomic mass is 9.79. The molecule has 5 heteroatoms. The predicted octanol–water partition coefficient (Wildman–Crippen LogP) is 2.89. The summed E-state index contributed by atoms with van der Waals surface area (Å²) in [6.07, 6.45) is 2.27. The Morgan fingerprint density at radius 1 is 1.50 bits per heavy atom. The van der Waals surface area contributed by atoms with Crippen molar-refractivity contribution in [3.8, 4) is 0 Å². The van der Waals surface area contributed by atoms with E-state index in [2.05, 4.69) is 18.8 Å². The summed E-state index contributed by atoms with van der Waals surface area (Å²) >= 11 is 1.37. The number of ether oxygens (including phenoxy) is 1. The quantitative estimate of drug-likeness (QED) is 0.787. The Morgan fingerprint density at radius 3 is 2.85 bits per heavy atom. The van der Waals surface area contributed by atoms with Gasteiger partial charge in [-0.15, -0.1) is 11.3 Å². The number of hydrogen-bond acceptors (Lipinski definition) is 5.